The average molecular weight is 352 g/mol. The summed E-state index contributed by atoms with van der Waals surface area (Å²) in [5, 5.41) is 2.26. The van der Waals surface area contributed by atoms with Crippen LogP contribution < -0.4 is 0 Å². The molecule has 2 aromatic heterocycles. The molecular weight excluding hydrogens is 332 g/mol. The first-order valence-corrected chi connectivity index (χ1v) is 9.27. The predicted octanol–water partition coefficient (Wildman–Crippen LogP) is 6.56. The largest absolute Gasteiger partial charge is 0.454 e. The van der Waals surface area contributed by atoms with E-state index in [9.17, 15) is 0 Å². The van der Waals surface area contributed by atoms with E-state index < -0.39 is 0 Å². The Labute approximate surface area is 157 Å². The standard InChI is InChI=1S/C24H20N2O/c1-16(2)17-8-3-4-10-20(17)24-25-14-15-26(24)21-12-7-11-19-18-9-5-6-13-22(18)27-23(19)21/h3-16H,1-2H3. The van der Waals surface area contributed by atoms with E-state index in [-0.39, 0.29) is 0 Å². The Morgan fingerprint density at radius 1 is 0.852 bits per heavy atom. The third-order valence-corrected chi connectivity index (χ3v) is 5.11. The van der Waals surface area contributed by atoms with Gasteiger partial charge in [0.1, 0.15) is 11.4 Å². The zero-order valence-corrected chi connectivity index (χ0v) is 15.4. The lowest BCUT2D eigenvalue weighted by atomic mass is 9.97. The average Bonchev–Trinajstić information content (AvgIpc) is 3.32. The first kappa shape index (κ1) is 15.9. The number of nitrogens with zero attached hydrogens (tertiary/aromatic N) is 2. The zero-order chi connectivity index (χ0) is 18.4. The molecule has 132 valence electrons. The number of hydrogen-bond acceptors (Lipinski definition) is 2. The molecule has 0 saturated carbocycles. The quantitative estimate of drug-likeness (QED) is 0.368. The first-order chi connectivity index (χ1) is 13.2. The van der Waals surface area contributed by atoms with Crippen LogP contribution in [0, 0.1) is 0 Å². The maximum absolute atomic E-state index is 6.23. The van der Waals surface area contributed by atoms with E-state index in [0.717, 1.165) is 39.0 Å². The minimum atomic E-state index is 0.424. The Balaban J connectivity index is 1.78. The molecule has 0 unspecified atom stereocenters. The van der Waals surface area contributed by atoms with Crippen LogP contribution in [0.2, 0.25) is 0 Å². The number of furan rings is 1. The normalized spacial score (nSPS) is 11.7. The lowest BCUT2D eigenvalue weighted by Gasteiger charge is -2.14. The van der Waals surface area contributed by atoms with Gasteiger partial charge in [0.25, 0.3) is 0 Å². The molecule has 0 radical (unpaired) electrons. The number of hydrogen-bond donors (Lipinski definition) is 0. The van der Waals surface area contributed by atoms with Crippen LogP contribution in [0.15, 0.2) is 83.5 Å². The van der Waals surface area contributed by atoms with E-state index in [4.69, 9.17) is 4.42 Å². The third-order valence-electron chi connectivity index (χ3n) is 5.11. The Morgan fingerprint density at radius 2 is 1.63 bits per heavy atom. The van der Waals surface area contributed by atoms with Crippen LogP contribution in [0.4, 0.5) is 0 Å². The molecule has 0 aliphatic heterocycles. The summed E-state index contributed by atoms with van der Waals surface area (Å²) in [5.74, 6) is 1.36. The van der Waals surface area contributed by atoms with Gasteiger partial charge in [0.05, 0.1) is 5.69 Å². The summed E-state index contributed by atoms with van der Waals surface area (Å²) < 4.78 is 8.36. The number of fused-ring (bicyclic) bond motifs is 3. The van der Waals surface area contributed by atoms with E-state index in [1.165, 1.54) is 5.56 Å². The van der Waals surface area contributed by atoms with Crippen molar-refractivity contribution in [3.63, 3.8) is 0 Å². The maximum atomic E-state index is 6.23. The van der Waals surface area contributed by atoms with Crippen molar-refractivity contribution in [2.24, 2.45) is 0 Å². The highest BCUT2D eigenvalue weighted by molar-refractivity contribution is 6.07. The molecule has 3 nitrogen and oxygen atoms in total. The van der Waals surface area contributed by atoms with Gasteiger partial charge in [-0.05, 0) is 23.6 Å². The molecule has 0 fully saturated rings. The molecule has 0 N–H and O–H groups in total. The van der Waals surface area contributed by atoms with Gasteiger partial charge >= 0.3 is 0 Å². The summed E-state index contributed by atoms with van der Waals surface area (Å²) >= 11 is 0. The van der Waals surface area contributed by atoms with Gasteiger partial charge in [0.2, 0.25) is 0 Å². The van der Waals surface area contributed by atoms with Gasteiger partial charge in [0.15, 0.2) is 5.58 Å². The summed E-state index contributed by atoms with van der Waals surface area (Å²) in [4.78, 5) is 4.69. The van der Waals surface area contributed by atoms with Crippen molar-refractivity contribution in [1.82, 2.24) is 9.55 Å². The van der Waals surface area contributed by atoms with Gasteiger partial charge in [-0.15, -0.1) is 0 Å². The minimum Gasteiger partial charge on any atom is -0.454 e. The third kappa shape index (κ3) is 2.47. The van der Waals surface area contributed by atoms with Gasteiger partial charge in [0, 0.05) is 28.7 Å². The molecule has 0 aliphatic rings. The summed E-state index contributed by atoms with van der Waals surface area (Å²) in [6.07, 6.45) is 3.86. The monoisotopic (exact) mass is 352 g/mol. The number of aromatic nitrogens is 2. The SMILES string of the molecule is CC(C)c1ccccc1-c1nccn1-c1cccc2c1oc1ccccc12. The summed E-state index contributed by atoms with van der Waals surface area (Å²) in [5.41, 5.74) is 5.26. The lowest BCUT2D eigenvalue weighted by molar-refractivity contribution is 0.665. The first-order valence-electron chi connectivity index (χ1n) is 9.27. The highest BCUT2D eigenvalue weighted by Crippen LogP contribution is 2.35. The second-order valence-corrected chi connectivity index (χ2v) is 7.11. The predicted molar refractivity (Wildman–Crippen MR) is 110 cm³/mol. The van der Waals surface area contributed by atoms with E-state index in [1.807, 2.05) is 30.6 Å². The molecule has 3 aromatic carbocycles. The molecule has 0 bridgehead atoms. The van der Waals surface area contributed by atoms with Gasteiger partial charge < -0.3 is 4.42 Å². The number of imidazole rings is 1. The topological polar surface area (TPSA) is 31.0 Å². The number of para-hydroxylation sites is 2. The Kier molecular flexibility index (Phi) is 3.61. The van der Waals surface area contributed by atoms with Gasteiger partial charge in [-0.3, -0.25) is 4.57 Å². The molecule has 3 heteroatoms. The molecule has 0 saturated heterocycles. The van der Waals surface area contributed by atoms with Crippen LogP contribution in [0.25, 0.3) is 39.0 Å². The van der Waals surface area contributed by atoms with Gasteiger partial charge in [-0.25, -0.2) is 4.98 Å². The van der Waals surface area contributed by atoms with Crippen LogP contribution >= 0.6 is 0 Å². The van der Waals surface area contributed by atoms with Crippen LogP contribution in [0.3, 0.4) is 0 Å². The van der Waals surface area contributed by atoms with Crippen LogP contribution in [0.5, 0.6) is 0 Å². The Hall–Kier alpha value is -3.33. The zero-order valence-electron chi connectivity index (χ0n) is 15.4. The molecule has 5 aromatic rings. The van der Waals surface area contributed by atoms with Crippen LogP contribution in [-0.2, 0) is 0 Å². The van der Waals surface area contributed by atoms with Crippen molar-refractivity contribution < 1.29 is 4.42 Å². The highest BCUT2D eigenvalue weighted by Gasteiger charge is 2.17. The molecule has 0 atom stereocenters. The van der Waals surface area contributed by atoms with Crippen molar-refractivity contribution in [1.29, 1.82) is 0 Å². The molecule has 2 heterocycles. The fraction of sp³-hybridized carbons (Fsp3) is 0.125. The molecule has 0 aliphatic carbocycles. The van der Waals surface area contributed by atoms with Gasteiger partial charge in [-0.1, -0.05) is 68.4 Å². The summed E-state index contributed by atoms with van der Waals surface area (Å²) in [7, 11) is 0. The van der Waals surface area contributed by atoms with Crippen molar-refractivity contribution in [3.05, 3.63) is 84.7 Å². The smallest absolute Gasteiger partial charge is 0.159 e. The van der Waals surface area contributed by atoms with Crippen LogP contribution in [0.1, 0.15) is 25.3 Å². The Bertz CT molecular complexity index is 1260. The summed E-state index contributed by atoms with van der Waals surface area (Å²) in [6.45, 7) is 4.43. The van der Waals surface area contributed by atoms with Crippen molar-refractivity contribution >= 4 is 21.9 Å². The molecule has 27 heavy (non-hydrogen) atoms. The fourth-order valence-corrected chi connectivity index (χ4v) is 3.82. The molecule has 5 rings (SSSR count). The van der Waals surface area contributed by atoms with E-state index in [0.29, 0.717) is 5.92 Å². The van der Waals surface area contributed by atoms with Crippen molar-refractivity contribution in [2.45, 2.75) is 19.8 Å². The second kappa shape index (κ2) is 6.13. The van der Waals surface area contributed by atoms with E-state index >= 15 is 0 Å². The van der Waals surface area contributed by atoms with Crippen molar-refractivity contribution in [3.8, 4) is 17.1 Å². The second-order valence-electron chi connectivity index (χ2n) is 7.11. The number of benzene rings is 3. The highest BCUT2D eigenvalue weighted by atomic mass is 16.3. The number of rotatable bonds is 3. The maximum Gasteiger partial charge on any atom is 0.159 e. The minimum absolute atomic E-state index is 0.424. The molecule has 0 spiro atoms. The lowest BCUT2D eigenvalue weighted by Crippen LogP contribution is -2.00. The van der Waals surface area contributed by atoms with Crippen LogP contribution in [-0.4, -0.2) is 9.55 Å². The van der Waals surface area contributed by atoms with E-state index in [2.05, 4.69) is 71.9 Å². The molecule has 0 amide bonds. The fourth-order valence-electron chi connectivity index (χ4n) is 3.82. The Morgan fingerprint density at radius 3 is 2.52 bits per heavy atom. The molecular formula is C24H20N2O. The van der Waals surface area contributed by atoms with E-state index in [1.54, 1.807) is 0 Å². The van der Waals surface area contributed by atoms with Crippen molar-refractivity contribution in [2.75, 3.05) is 0 Å². The summed E-state index contributed by atoms with van der Waals surface area (Å²) in [6, 6.07) is 22.9. The van der Waals surface area contributed by atoms with Gasteiger partial charge in [-0.2, -0.15) is 0 Å².